The lowest BCUT2D eigenvalue weighted by atomic mass is 10.4. The van der Waals surface area contributed by atoms with Crippen molar-refractivity contribution in [1.82, 2.24) is 4.98 Å². The van der Waals surface area contributed by atoms with E-state index in [0.717, 1.165) is 4.90 Å². The Morgan fingerprint density at radius 1 is 1.69 bits per heavy atom. The summed E-state index contributed by atoms with van der Waals surface area (Å²) < 4.78 is 17.7. The Morgan fingerprint density at radius 3 is 3.15 bits per heavy atom. The van der Waals surface area contributed by atoms with Crippen LogP contribution in [0.15, 0.2) is 12.3 Å². The molecule has 1 amide bonds. The van der Waals surface area contributed by atoms with Gasteiger partial charge in [-0.2, -0.15) is 0 Å². The Labute approximate surface area is 73.9 Å². The fourth-order valence-corrected chi connectivity index (χ4v) is 1.11. The van der Waals surface area contributed by atoms with E-state index in [4.69, 9.17) is 0 Å². The van der Waals surface area contributed by atoms with Crippen LogP contribution in [0.1, 0.15) is 0 Å². The normalized spacial score (nSPS) is 16.1. The monoisotopic (exact) mass is 181 g/mol. The summed E-state index contributed by atoms with van der Waals surface area (Å²) in [6.07, 6.45) is 0.815. The van der Waals surface area contributed by atoms with Crippen molar-refractivity contribution in [3.63, 3.8) is 0 Å². The van der Waals surface area contributed by atoms with Crippen LogP contribution < -0.4 is 4.90 Å². The molecule has 0 saturated carbocycles. The lowest BCUT2D eigenvalue weighted by Gasteiger charge is -2.10. The first-order chi connectivity index (χ1) is 6.29. The average molecular weight is 181 g/mol. The zero-order valence-corrected chi connectivity index (χ0v) is 6.66. The van der Waals surface area contributed by atoms with E-state index in [0.29, 0.717) is 6.54 Å². The van der Waals surface area contributed by atoms with Gasteiger partial charge in [-0.05, 0) is 6.07 Å². The van der Waals surface area contributed by atoms with Crippen molar-refractivity contribution in [3.05, 3.63) is 24.1 Å². The molecule has 2 rings (SSSR count). The maximum absolute atomic E-state index is 13.0. The van der Waals surface area contributed by atoms with Crippen LogP contribution in [0, 0.1) is 11.9 Å². The molecule has 4 nitrogen and oxygen atoms in total. The molecule has 0 aliphatic carbocycles. The number of amides is 1. The van der Waals surface area contributed by atoms with E-state index in [1.165, 1.54) is 12.3 Å². The predicted octanol–water partition coefficient (Wildman–Crippen LogP) is 0.977. The van der Waals surface area contributed by atoms with E-state index in [2.05, 4.69) is 15.8 Å². The maximum atomic E-state index is 13.0. The molecule has 0 atom stereocenters. The molecule has 1 saturated heterocycles. The first-order valence-electron chi connectivity index (χ1n) is 3.75. The lowest BCUT2D eigenvalue weighted by Crippen LogP contribution is -2.25. The van der Waals surface area contributed by atoms with Crippen LogP contribution in [0.3, 0.4) is 0 Å². The Balaban J connectivity index is 2.34. The number of ether oxygens (including phenoxy) is 1. The van der Waals surface area contributed by atoms with Crippen molar-refractivity contribution in [2.24, 2.45) is 0 Å². The molecule has 1 aromatic rings. The molecule has 0 N–H and O–H groups in total. The topological polar surface area (TPSA) is 42.4 Å². The number of aromatic nitrogens is 1. The summed E-state index contributed by atoms with van der Waals surface area (Å²) in [4.78, 5) is 15.9. The standard InChI is InChI=1S/C8H6FN2O2/c9-6-2-1-3-10-7(6)11-4-5-13-8(11)12/h1,3H,4-5H2. The largest absolute Gasteiger partial charge is 0.447 e. The third-order valence-electron chi connectivity index (χ3n) is 1.69. The van der Waals surface area contributed by atoms with E-state index in [1.54, 1.807) is 0 Å². The molecule has 0 unspecified atom stereocenters. The van der Waals surface area contributed by atoms with Crippen molar-refractivity contribution < 1.29 is 13.9 Å². The number of rotatable bonds is 1. The summed E-state index contributed by atoms with van der Waals surface area (Å²) >= 11 is 0. The third kappa shape index (κ3) is 1.32. The van der Waals surface area contributed by atoms with E-state index in [1.807, 2.05) is 0 Å². The van der Waals surface area contributed by atoms with Gasteiger partial charge in [-0.1, -0.05) is 0 Å². The quantitative estimate of drug-likeness (QED) is 0.648. The van der Waals surface area contributed by atoms with Crippen molar-refractivity contribution in [2.45, 2.75) is 0 Å². The van der Waals surface area contributed by atoms with Crippen molar-refractivity contribution in [1.29, 1.82) is 0 Å². The smallest absolute Gasteiger partial charge is 0.415 e. The number of carbonyl (C=O) groups is 1. The van der Waals surface area contributed by atoms with Crippen molar-refractivity contribution >= 4 is 11.9 Å². The van der Waals surface area contributed by atoms with E-state index in [-0.39, 0.29) is 12.4 Å². The van der Waals surface area contributed by atoms with Gasteiger partial charge in [0.25, 0.3) is 0 Å². The molecule has 0 spiro atoms. The Kier molecular flexibility index (Phi) is 1.84. The highest BCUT2D eigenvalue weighted by Crippen LogP contribution is 2.18. The van der Waals surface area contributed by atoms with Crippen LogP contribution in [0.25, 0.3) is 0 Å². The molecular weight excluding hydrogens is 175 g/mol. The highest BCUT2D eigenvalue weighted by molar-refractivity contribution is 5.88. The fraction of sp³-hybridized carbons (Fsp3) is 0.250. The summed E-state index contributed by atoms with van der Waals surface area (Å²) in [5, 5.41) is 0. The summed E-state index contributed by atoms with van der Waals surface area (Å²) in [6.45, 7) is 0.607. The number of halogens is 1. The van der Waals surface area contributed by atoms with E-state index in [9.17, 15) is 9.18 Å². The first kappa shape index (κ1) is 7.97. The highest BCUT2D eigenvalue weighted by atomic mass is 19.1. The molecule has 67 valence electrons. The number of hydrogen-bond acceptors (Lipinski definition) is 3. The Bertz CT molecular complexity index is 343. The maximum Gasteiger partial charge on any atom is 0.415 e. The number of carbonyl (C=O) groups excluding carboxylic acids is 1. The van der Waals surface area contributed by atoms with Gasteiger partial charge in [0.2, 0.25) is 0 Å². The molecule has 1 aliphatic heterocycles. The summed E-state index contributed by atoms with van der Waals surface area (Å²) in [5.41, 5.74) is 0. The Hall–Kier alpha value is -1.65. The number of anilines is 1. The predicted molar refractivity (Wildman–Crippen MR) is 41.7 cm³/mol. The summed E-state index contributed by atoms with van der Waals surface area (Å²) in [5.74, 6) is -0.661. The second kappa shape index (κ2) is 3.01. The minimum Gasteiger partial charge on any atom is -0.447 e. The van der Waals surface area contributed by atoms with Gasteiger partial charge in [0, 0.05) is 12.3 Å². The molecule has 2 heterocycles. The Morgan fingerprint density at radius 2 is 2.54 bits per heavy atom. The minimum absolute atomic E-state index is 0.0231. The van der Waals surface area contributed by atoms with Gasteiger partial charge in [0.15, 0.2) is 11.6 Å². The molecule has 1 fully saturated rings. The van der Waals surface area contributed by atoms with Gasteiger partial charge in [-0.3, -0.25) is 4.90 Å². The first-order valence-corrected chi connectivity index (χ1v) is 3.75. The van der Waals surface area contributed by atoms with Gasteiger partial charge in [0.1, 0.15) is 6.61 Å². The van der Waals surface area contributed by atoms with Gasteiger partial charge < -0.3 is 4.74 Å². The molecule has 0 aromatic carbocycles. The zero-order chi connectivity index (χ0) is 9.26. The number of pyridine rings is 1. The highest BCUT2D eigenvalue weighted by Gasteiger charge is 2.26. The molecule has 0 bridgehead atoms. The average Bonchev–Trinajstić information content (AvgIpc) is 2.52. The zero-order valence-electron chi connectivity index (χ0n) is 6.66. The summed E-state index contributed by atoms with van der Waals surface area (Å²) in [6, 6.07) is 3.67. The molecule has 5 heteroatoms. The van der Waals surface area contributed by atoms with Crippen LogP contribution in [-0.2, 0) is 4.74 Å². The molecule has 1 radical (unpaired) electrons. The van der Waals surface area contributed by atoms with Crippen LogP contribution in [0.2, 0.25) is 0 Å². The second-order valence-electron chi connectivity index (χ2n) is 2.49. The van der Waals surface area contributed by atoms with E-state index < -0.39 is 11.9 Å². The fourth-order valence-electron chi connectivity index (χ4n) is 1.11. The molecule has 1 aliphatic rings. The van der Waals surface area contributed by atoms with Gasteiger partial charge in [-0.25, -0.2) is 14.2 Å². The number of cyclic esters (lactones) is 1. The minimum atomic E-state index is -0.638. The van der Waals surface area contributed by atoms with Crippen LogP contribution in [-0.4, -0.2) is 24.2 Å². The molecule has 1 aromatic heterocycles. The molecule has 13 heavy (non-hydrogen) atoms. The van der Waals surface area contributed by atoms with Gasteiger partial charge in [-0.15, -0.1) is 0 Å². The van der Waals surface area contributed by atoms with Crippen LogP contribution in [0.5, 0.6) is 0 Å². The van der Waals surface area contributed by atoms with Crippen LogP contribution in [0.4, 0.5) is 15.0 Å². The molecular formula is C8H6FN2O2. The van der Waals surface area contributed by atoms with E-state index >= 15 is 0 Å². The number of nitrogens with zero attached hydrogens (tertiary/aromatic N) is 2. The van der Waals surface area contributed by atoms with Gasteiger partial charge in [0.05, 0.1) is 6.54 Å². The summed E-state index contributed by atoms with van der Waals surface area (Å²) in [7, 11) is 0. The third-order valence-corrected chi connectivity index (χ3v) is 1.69. The van der Waals surface area contributed by atoms with Crippen molar-refractivity contribution in [3.8, 4) is 0 Å². The second-order valence-corrected chi connectivity index (χ2v) is 2.49. The van der Waals surface area contributed by atoms with Crippen molar-refractivity contribution in [2.75, 3.05) is 18.1 Å². The SMILES string of the molecule is O=C1OCCN1c1ncc[c]c1F. The van der Waals surface area contributed by atoms with Crippen LogP contribution >= 0.6 is 0 Å². The van der Waals surface area contributed by atoms with Gasteiger partial charge >= 0.3 is 6.09 Å². The lowest BCUT2D eigenvalue weighted by molar-refractivity contribution is 0.181. The number of hydrogen-bond donors (Lipinski definition) is 0.